The molecule has 1 N–H and O–H groups in total. The number of hydrogen-bond acceptors (Lipinski definition) is 3. The lowest BCUT2D eigenvalue weighted by Gasteiger charge is -1.98. The number of aromatic hydroxyl groups is 1. The van der Waals surface area contributed by atoms with Gasteiger partial charge in [0.1, 0.15) is 0 Å². The molecule has 0 amide bonds. The molecule has 0 heterocycles. The van der Waals surface area contributed by atoms with Gasteiger partial charge in [0, 0.05) is 11.5 Å². The minimum Gasteiger partial charge on any atom is -0.501 e. The highest BCUT2D eigenvalue weighted by atomic mass is 16.3. The van der Waals surface area contributed by atoms with Gasteiger partial charge in [-0.15, -0.1) is 0 Å². The second-order valence-electron chi connectivity index (χ2n) is 3.08. The monoisotopic (exact) mass is 196 g/mol. The highest BCUT2D eigenvalue weighted by Crippen LogP contribution is 2.34. The van der Waals surface area contributed by atoms with Crippen LogP contribution in [-0.2, 0) is 0 Å². The van der Waals surface area contributed by atoms with Crippen LogP contribution in [0.2, 0.25) is 0 Å². The van der Waals surface area contributed by atoms with Gasteiger partial charge in [-0.1, -0.05) is 0 Å². The van der Waals surface area contributed by atoms with E-state index in [0.717, 1.165) is 5.39 Å². The van der Waals surface area contributed by atoms with Gasteiger partial charge >= 0.3 is 5.69 Å². The standard InChI is InChI=1S/C11H5N3O/c12-6-7-1-3-9-8(5-7)2-4-10(14-13)11(9)15/h1-5H/p+1. The predicted molar refractivity (Wildman–Crippen MR) is 55.1 cm³/mol. The first-order chi connectivity index (χ1) is 7.26. The Morgan fingerprint density at radius 1 is 1.20 bits per heavy atom. The molecular weight excluding hydrogens is 190 g/mol. The summed E-state index contributed by atoms with van der Waals surface area (Å²) in [5.74, 6) is -0.0838. The van der Waals surface area contributed by atoms with Crippen LogP contribution < -0.4 is 0 Å². The summed E-state index contributed by atoms with van der Waals surface area (Å²) in [6.45, 7) is 0. The Hall–Kier alpha value is -2.59. The Morgan fingerprint density at radius 3 is 2.67 bits per heavy atom. The molecule has 0 aliphatic rings. The first kappa shape index (κ1) is 8.98. The normalized spacial score (nSPS) is 9.47. The average molecular weight is 196 g/mol. The van der Waals surface area contributed by atoms with Crippen LogP contribution in [0, 0.1) is 16.7 Å². The molecule has 2 aromatic carbocycles. The SMILES string of the molecule is N#Cc1ccc2c(O)c([N+]#N)ccc2c1. The van der Waals surface area contributed by atoms with Crippen molar-refractivity contribution < 1.29 is 5.11 Å². The summed E-state index contributed by atoms with van der Waals surface area (Å²) in [6, 6.07) is 10.1. The zero-order valence-corrected chi connectivity index (χ0v) is 7.68. The van der Waals surface area contributed by atoms with Crippen LogP contribution in [0.3, 0.4) is 0 Å². The third kappa shape index (κ3) is 1.34. The number of fused-ring (bicyclic) bond motifs is 1. The average Bonchev–Trinajstić information content (AvgIpc) is 2.29. The van der Waals surface area contributed by atoms with E-state index in [1.807, 2.05) is 6.07 Å². The van der Waals surface area contributed by atoms with Crippen molar-refractivity contribution in [2.75, 3.05) is 0 Å². The van der Waals surface area contributed by atoms with Crippen LogP contribution in [0.1, 0.15) is 5.56 Å². The largest absolute Gasteiger partial charge is 0.501 e. The molecule has 4 nitrogen and oxygen atoms in total. The van der Waals surface area contributed by atoms with Crippen LogP contribution in [-0.4, -0.2) is 5.11 Å². The van der Waals surface area contributed by atoms with Crippen molar-refractivity contribution in [2.45, 2.75) is 0 Å². The minimum atomic E-state index is -0.0838. The van der Waals surface area contributed by atoms with E-state index in [0.29, 0.717) is 10.9 Å². The Kier molecular flexibility index (Phi) is 1.97. The molecular formula is C11H6N3O+. The Morgan fingerprint density at radius 2 is 2.00 bits per heavy atom. The first-order valence-corrected chi connectivity index (χ1v) is 4.27. The fourth-order valence-electron chi connectivity index (χ4n) is 1.45. The lowest BCUT2D eigenvalue weighted by Crippen LogP contribution is -1.77. The van der Waals surface area contributed by atoms with E-state index in [2.05, 4.69) is 4.98 Å². The molecule has 15 heavy (non-hydrogen) atoms. The molecule has 0 aliphatic heterocycles. The zero-order valence-electron chi connectivity index (χ0n) is 7.68. The van der Waals surface area contributed by atoms with Gasteiger partial charge in [0.2, 0.25) is 11.1 Å². The summed E-state index contributed by atoms with van der Waals surface area (Å²) in [7, 11) is 0. The quantitative estimate of drug-likeness (QED) is 0.658. The number of phenols is 1. The van der Waals surface area contributed by atoms with Crippen molar-refractivity contribution in [1.82, 2.24) is 0 Å². The first-order valence-electron chi connectivity index (χ1n) is 4.27. The fraction of sp³-hybridized carbons (Fsp3) is 0. The summed E-state index contributed by atoms with van der Waals surface area (Å²) in [4.78, 5) is 2.95. The number of phenolic OH excluding ortho intramolecular Hbond substituents is 1. The molecule has 0 saturated carbocycles. The number of benzene rings is 2. The topological polar surface area (TPSA) is 72.2 Å². The third-order valence-corrected chi connectivity index (χ3v) is 2.21. The molecule has 0 unspecified atom stereocenters. The Bertz CT molecular complexity index is 620. The van der Waals surface area contributed by atoms with Crippen molar-refractivity contribution in [3.05, 3.63) is 40.9 Å². The molecule has 0 bridgehead atoms. The Labute approximate surface area is 85.6 Å². The summed E-state index contributed by atoms with van der Waals surface area (Å²) in [5, 5.41) is 28.3. The van der Waals surface area contributed by atoms with Crippen LogP contribution >= 0.6 is 0 Å². The van der Waals surface area contributed by atoms with Crippen LogP contribution in [0.15, 0.2) is 30.3 Å². The van der Waals surface area contributed by atoms with E-state index in [1.165, 1.54) is 6.07 Å². The van der Waals surface area contributed by atoms with E-state index >= 15 is 0 Å². The van der Waals surface area contributed by atoms with Crippen LogP contribution in [0.25, 0.3) is 15.7 Å². The highest BCUT2D eigenvalue weighted by molar-refractivity contribution is 5.93. The maximum atomic E-state index is 9.68. The molecule has 2 aromatic rings. The van der Waals surface area contributed by atoms with E-state index < -0.39 is 0 Å². The van der Waals surface area contributed by atoms with Gasteiger partial charge in [0.15, 0.2) is 4.98 Å². The van der Waals surface area contributed by atoms with Crippen LogP contribution in [0.5, 0.6) is 5.75 Å². The maximum absolute atomic E-state index is 9.68. The third-order valence-electron chi connectivity index (χ3n) is 2.21. The summed E-state index contributed by atoms with van der Waals surface area (Å²) in [6.07, 6.45) is 0. The number of nitriles is 1. The van der Waals surface area contributed by atoms with E-state index in [-0.39, 0.29) is 11.4 Å². The number of hydrogen-bond donors (Lipinski definition) is 1. The zero-order chi connectivity index (χ0) is 10.8. The van der Waals surface area contributed by atoms with Gasteiger partial charge in [0.05, 0.1) is 11.6 Å². The smallest absolute Gasteiger partial charge is 0.426 e. The molecule has 0 atom stereocenters. The molecule has 0 saturated heterocycles. The van der Waals surface area contributed by atoms with Crippen molar-refractivity contribution in [2.24, 2.45) is 0 Å². The lowest BCUT2D eigenvalue weighted by molar-refractivity contribution is 0.484. The molecule has 70 valence electrons. The number of nitrogens with zero attached hydrogens (tertiary/aromatic N) is 3. The molecule has 0 aromatic heterocycles. The Balaban J connectivity index is 2.82. The second-order valence-corrected chi connectivity index (χ2v) is 3.08. The van der Waals surface area contributed by atoms with E-state index in [4.69, 9.17) is 10.7 Å². The van der Waals surface area contributed by atoms with Gasteiger partial charge in [-0.25, -0.2) is 0 Å². The predicted octanol–water partition coefficient (Wildman–Crippen LogP) is 2.90. The van der Waals surface area contributed by atoms with E-state index in [9.17, 15) is 5.11 Å². The minimum absolute atomic E-state index is 0.0838. The number of diazo groups is 1. The highest BCUT2D eigenvalue weighted by Gasteiger charge is 2.15. The molecule has 2 rings (SSSR count). The molecule has 0 radical (unpaired) electrons. The van der Waals surface area contributed by atoms with Gasteiger partial charge in [-0.2, -0.15) is 5.26 Å². The van der Waals surface area contributed by atoms with Crippen molar-refractivity contribution >= 4 is 16.5 Å². The number of rotatable bonds is 0. The molecule has 0 aliphatic carbocycles. The van der Waals surface area contributed by atoms with Crippen molar-refractivity contribution in [3.8, 4) is 11.8 Å². The molecule has 0 spiro atoms. The van der Waals surface area contributed by atoms with Gasteiger partial charge in [0.25, 0.3) is 0 Å². The summed E-state index contributed by atoms with van der Waals surface area (Å²) < 4.78 is 0. The van der Waals surface area contributed by atoms with Gasteiger partial charge in [-0.05, 0) is 29.7 Å². The van der Waals surface area contributed by atoms with Crippen LogP contribution in [0.4, 0.5) is 5.69 Å². The summed E-state index contributed by atoms with van der Waals surface area (Å²) in [5.41, 5.74) is 0.641. The van der Waals surface area contributed by atoms with Gasteiger partial charge < -0.3 is 5.11 Å². The van der Waals surface area contributed by atoms with Crippen molar-refractivity contribution in [1.29, 1.82) is 10.7 Å². The summed E-state index contributed by atoms with van der Waals surface area (Å²) >= 11 is 0. The van der Waals surface area contributed by atoms with Crippen molar-refractivity contribution in [3.63, 3.8) is 0 Å². The maximum Gasteiger partial charge on any atom is 0.426 e. The lowest BCUT2D eigenvalue weighted by atomic mass is 10.1. The van der Waals surface area contributed by atoms with Gasteiger partial charge in [-0.3, -0.25) is 0 Å². The second kappa shape index (κ2) is 3.28. The fourth-order valence-corrected chi connectivity index (χ4v) is 1.45. The molecule has 0 fully saturated rings. The van der Waals surface area contributed by atoms with E-state index in [1.54, 1.807) is 24.3 Å². The molecule has 4 heteroatoms.